The van der Waals surface area contributed by atoms with E-state index in [1.807, 2.05) is 24.3 Å². The van der Waals surface area contributed by atoms with Crippen LogP contribution < -0.4 is 10.5 Å². The van der Waals surface area contributed by atoms with Gasteiger partial charge in [0.25, 0.3) is 5.69 Å². The van der Waals surface area contributed by atoms with E-state index in [0.717, 1.165) is 11.3 Å². The number of nitro groups is 1. The fraction of sp³-hybridized carbons (Fsp3) is 0.200. The smallest absolute Gasteiger partial charge is 0.282 e. The molecule has 0 saturated carbocycles. The fourth-order valence-corrected chi connectivity index (χ4v) is 3.52. The van der Waals surface area contributed by atoms with Crippen molar-refractivity contribution >= 4 is 17.4 Å². The summed E-state index contributed by atoms with van der Waals surface area (Å²) in [6.45, 7) is 0.439. The summed E-state index contributed by atoms with van der Waals surface area (Å²) in [6.07, 6.45) is 0. The van der Waals surface area contributed by atoms with E-state index in [1.165, 1.54) is 17.8 Å². The number of nitro benzene ring substituents is 1. The standard InChI is InChI=1S/C15H14N2O3S/c16-15-10-5-1-3-7-12(10)20-9-14(15)21-13-8-4-2-6-11(13)17(18)19/h1-8,14-15H,9,16H2. The molecule has 0 fully saturated rings. The molecule has 2 atom stereocenters. The number of benzene rings is 2. The predicted octanol–water partition coefficient (Wildman–Crippen LogP) is 3.15. The van der Waals surface area contributed by atoms with Crippen molar-refractivity contribution in [2.24, 2.45) is 5.73 Å². The highest BCUT2D eigenvalue weighted by Crippen LogP contribution is 2.40. The van der Waals surface area contributed by atoms with E-state index < -0.39 is 0 Å². The number of nitrogens with zero attached hydrogens (tertiary/aromatic N) is 1. The molecule has 2 N–H and O–H groups in total. The minimum atomic E-state index is -0.370. The Kier molecular flexibility index (Phi) is 3.81. The van der Waals surface area contributed by atoms with Gasteiger partial charge in [-0.3, -0.25) is 10.1 Å². The maximum atomic E-state index is 11.1. The summed E-state index contributed by atoms with van der Waals surface area (Å²) in [4.78, 5) is 11.3. The quantitative estimate of drug-likeness (QED) is 0.696. The van der Waals surface area contributed by atoms with Gasteiger partial charge >= 0.3 is 0 Å². The Morgan fingerprint density at radius 1 is 1.19 bits per heavy atom. The molecule has 2 unspecified atom stereocenters. The van der Waals surface area contributed by atoms with Crippen molar-refractivity contribution in [2.75, 3.05) is 6.61 Å². The molecule has 3 rings (SSSR count). The van der Waals surface area contributed by atoms with Crippen molar-refractivity contribution in [2.45, 2.75) is 16.2 Å². The Morgan fingerprint density at radius 3 is 2.71 bits per heavy atom. The number of thioether (sulfide) groups is 1. The number of hydrogen-bond donors (Lipinski definition) is 1. The topological polar surface area (TPSA) is 78.4 Å². The zero-order chi connectivity index (χ0) is 14.8. The summed E-state index contributed by atoms with van der Waals surface area (Å²) in [7, 11) is 0. The zero-order valence-corrected chi connectivity index (χ0v) is 12.0. The highest BCUT2D eigenvalue weighted by molar-refractivity contribution is 8.00. The average Bonchev–Trinajstić information content (AvgIpc) is 2.51. The number of ether oxygens (including phenoxy) is 1. The van der Waals surface area contributed by atoms with Gasteiger partial charge in [-0.1, -0.05) is 30.3 Å². The first-order valence-electron chi connectivity index (χ1n) is 6.54. The fourth-order valence-electron chi connectivity index (χ4n) is 2.34. The lowest BCUT2D eigenvalue weighted by Crippen LogP contribution is -2.33. The molecule has 0 radical (unpaired) electrons. The average molecular weight is 302 g/mol. The highest BCUT2D eigenvalue weighted by atomic mass is 32.2. The van der Waals surface area contributed by atoms with Crippen LogP contribution in [0.4, 0.5) is 5.69 Å². The van der Waals surface area contributed by atoms with Crippen LogP contribution in [0.3, 0.4) is 0 Å². The van der Waals surface area contributed by atoms with Crippen LogP contribution in [0, 0.1) is 10.1 Å². The first-order chi connectivity index (χ1) is 10.2. The van der Waals surface area contributed by atoms with E-state index >= 15 is 0 Å². The summed E-state index contributed by atoms with van der Waals surface area (Å²) < 4.78 is 5.71. The maximum absolute atomic E-state index is 11.1. The predicted molar refractivity (Wildman–Crippen MR) is 81.6 cm³/mol. The summed E-state index contributed by atoms with van der Waals surface area (Å²) >= 11 is 1.40. The third kappa shape index (κ3) is 2.72. The molecule has 1 aliphatic rings. The van der Waals surface area contributed by atoms with Gasteiger partial charge in [-0.25, -0.2) is 0 Å². The molecule has 1 heterocycles. The molecule has 108 valence electrons. The molecule has 0 aliphatic carbocycles. The summed E-state index contributed by atoms with van der Waals surface area (Å²) in [5.74, 6) is 0.796. The second kappa shape index (κ2) is 5.75. The van der Waals surface area contributed by atoms with E-state index in [4.69, 9.17) is 10.5 Å². The van der Waals surface area contributed by atoms with Gasteiger partial charge < -0.3 is 10.5 Å². The monoisotopic (exact) mass is 302 g/mol. The van der Waals surface area contributed by atoms with E-state index in [-0.39, 0.29) is 21.9 Å². The lowest BCUT2D eigenvalue weighted by molar-refractivity contribution is -0.387. The largest absolute Gasteiger partial charge is 0.492 e. The van der Waals surface area contributed by atoms with Crippen LogP contribution in [0.5, 0.6) is 5.75 Å². The van der Waals surface area contributed by atoms with Crippen LogP contribution in [0.1, 0.15) is 11.6 Å². The molecule has 2 aromatic rings. The number of fused-ring (bicyclic) bond motifs is 1. The Balaban J connectivity index is 1.86. The van der Waals surface area contributed by atoms with Gasteiger partial charge in [0, 0.05) is 17.7 Å². The van der Waals surface area contributed by atoms with Gasteiger partial charge in [-0.2, -0.15) is 0 Å². The number of hydrogen-bond acceptors (Lipinski definition) is 5. The second-order valence-corrected chi connectivity index (χ2v) is 6.04. The van der Waals surface area contributed by atoms with Crippen molar-refractivity contribution in [3.05, 3.63) is 64.2 Å². The number of rotatable bonds is 3. The third-order valence-electron chi connectivity index (χ3n) is 3.42. The third-order valence-corrected chi connectivity index (χ3v) is 4.75. The minimum Gasteiger partial charge on any atom is -0.492 e. The second-order valence-electron chi connectivity index (χ2n) is 4.76. The van der Waals surface area contributed by atoms with Gasteiger partial charge in [0.05, 0.1) is 15.1 Å². The zero-order valence-electron chi connectivity index (χ0n) is 11.1. The molecule has 2 aromatic carbocycles. The van der Waals surface area contributed by atoms with E-state index in [2.05, 4.69) is 0 Å². The minimum absolute atomic E-state index is 0.0546. The molecule has 6 heteroatoms. The normalized spacial score (nSPS) is 20.4. The van der Waals surface area contributed by atoms with Crippen molar-refractivity contribution in [3.63, 3.8) is 0 Å². The van der Waals surface area contributed by atoms with E-state index in [9.17, 15) is 10.1 Å². The van der Waals surface area contributed by atoms with Crippen molar-refractivity contribution in [1.29, 1.82) is 0 Å². The van der Waals surface area contributed by atoms with Gasteiger partial charge in [0.1, 0.15) is 12.4 Å². The van der Waals surface area contributed by atoms with Gasteiger partial charge in [-0.05, 0) is 12.1 Å². The van der Waals surface area contributed by atoms with Crippen LogP contribution in [0.25, 0.3) is 0 Å². The first kappa shape index (κ1) is 13.9. The molecule has 0 bridgehead atoms. The molecule has 0 spiro atoms. The molecule has 0 saturated heterocycles. The van der Waals surface area contributed by atoms with E-state index in [0.29, 0.717) is 11.5 Å². The Bertz CT molecular complexity index is 677. The molecule has 0 aromatic heterocycles. The summed E-state index contributed by atoms with van der Waals surface area (Å²) in [5, 5.41) is 11.0. The Hall–Kier alpha value is -2.05. The van der Waals surface area contributed by atoms with Gasteiger partial charge in [0.15, 0.2) is 0 Å². The number of nitrogens with two attached hydrogens (primary N) is 1. The van der Waals surface area contributed by atoms with Crippen LogP contribution in [-0.4, -0.2) is 16.8 Å². The van der Waals surface area contributed by atoms with Gasteiger partial charge in [-0.15, -0.1) is 11.8 Å². The Labute approximate surface area is 126 Å². The lowest BCUT2D eigenvalue weighted by atomic mass is 10.0. The van der Waals surface area contributed by atoms with Crippen LogP contribution in [-0.2, 0) is 0 Å². The molecular formula is C15H14N2O3S. The van der Waals surface area contributed by atoms with Crippen molar-refractivity contribution in [3.8, 4) is 5.75 Å². The highest BCUT2D eigenvalue weighted by Gasteiger charge is 2.30. The molecular weight excluding hydrogens is 288 g/mol. The van der Waals surface area contributed by atoms with E-state index in [1.54, 1.807) is 18.2 Å². The van der Waals surface area contributed by atoms with Gasteiger partial charge in [0.2, 0.25) is 0 Å². The van der Waals surface area contributed by atoms with Crippen LogP contribution in [0.15, 0.2) is 53.4 Å². The van der Waals surface area contributed by atoms with Crippen molar-refractivity contribution in [1.82, 2.24) is 0 Å². The molecule has 21 heavy (non-hydrogen) atoms. The lowest BCUT2D eigenvalue weighted by Gasteiger charge is -2.30. The SMILES string of the molecule is NC1c2ccccc2OCC1Sc1ccccc1[N+](=O)[O-]. The summed E-state index contributed by atoms with van der Waals surface area (Å²) in [5.41, 5.74) is 7.34. The Morgan fingerprint density at radius 2 is 1.90 bits per heavy atom. The molecule has 5 nitrogen and oxygen atoms in total. The van der Waals surface area contributed by atoms with Crippen LogP contribution in [0.2, 0.25) is 0 Å². The van der Waals surface area contributed by atoms with Crippen LogP contribution >= 0.6 is 11.8 Å². The summed E-state index contributed by atoms with van der Waals surface area (Å²) in [6, 6.07) is 14.1. The number of para-hydroxylation sites is 2. The first-order valence-corrected chi connectivity index (χ1v) is 7.42. The molecule has 1 aliphatic heterocycles. The van der Waals surface area contributed by atoms with Crippen molar-refractivity contribution < 1.29 is 9.66 Å². The molecule has 0 amide bonds. The maximum Gasteiger partial charge on any atom is 0.282 e.